The van der Waals surface area contributed by atoms with E-state index in [0.29, 0.717) is 13.2 Å². The maximum Gasteiger partial charge on any atom is 0.163 e. The molecule has 19 heavy (non-hydrogen) atoms. The summed E-state index contributed by atoms with van der Waals surface area (Å²) in [6, 6.07) is 6.27. The molecule has 104 valence electrons. The molecule has 1 fully saturated rings. The second-order valence-corrected chi connectivity index (χ2v) is 5.34. The van der Waals surface area contributed by atoms with Crippen LogP contribution in [0.25, 0.3) is 0 Å². The summed E-state index contributed by atoms with van der Waals surface area (Å²) >= 11 is 0. The Labute approximate surface area is 114 Å². The molecule has 0 amide bonds. The molecule has 0 unspecified atom stereocenters. The molecule has 0 aromatic heterocycles. The number of hydrogen-bond acceptors (Lipinski definition) is 4. The van der Waals surface area contributed by atoms with Crippen molar-refractivity contribution in [3.8, 4) is 11.5 Å². The maximum atomic E-state index is 5.65. The van der Waals surface area contributed by atoms with Gasteiger partial charge in [0.1, 0.15) is 13.2 Å². The summed E-state index contributed by atoms with van der Waals surface area (Å²) in [5.41, 5.74) is 6.88. The van der Waals surface area contributed by atoms with Gasteiger partial charge < -0.3 is 20.1 Å². The van der Waals surface area contributed by atoms with Gasteiger partial charge in [0, 0.05) is 24.8 Å². The molecule has 3 rings (SSSR count). The number of rotatable bonds is 3. The molecule has 4 heteroatoms. The van der Waals surface area contributed by atoms with E-state index in [-0.39, 0.29) is 0 Å². The summed E-state index contributed by atoms with van der Waals surface area (Å²) in [6.07, 6.45) is 3.65. The number of nitrogens with two attached hydrogens (primary N) is 1. The van der Waals surface area contributed by atoms with E-state index in [0.717, 1.165) is 43.5 Å². The summed E-state index contributed by atoms with van der Waals surface area (Å²) < 4.78 is 11.2. The number of hydrogen-bond donors (Lipinski definition) is 1. The van der Waals surface area contributed by atoms with E-state index in [1.807, 2.05) is 6.07 Å². The Bertz CT molecular complexity index is 428. The smallest absolute Gasteiger partial charge is 0.163 e. The van der Waals surface area contributed by atoms with Crippen molar-refractivity contribution in [2.45, 2.75) is 19.3 Å². The average molecular weight is 262 g/mol. The lowest BCUT2D eigenvalue weighted by Crippen LogP contribution is -2.34. The molecule has 0 bridgehead atoms. The minimum Gasteiger partial charge on any atom is -0.486 e. The molecule has 0 spiro atoms. The Hall–Kier alpha value is -1.42. The van der Waals surface area contributed by atoms with E-state index < -0.39 is 0 Å². The standard InChI is InChI=1S/C15H22N2O2/c16-6-3-12-4-7-17(8-5-12)13-1-2-14-15(11-13)19-10-9-18-14/h1-2,11-12H,3-10,16H2. The highest BCUT2D eigenvalue weighted by atomic mass is 16.6. The Kier molecular flexibility index (Phi) is 3.78. The highest BCUT2D eigenvalue weighted by Gasteiger charge is 2.20. The van der Waals surface area contributed by atoms with Crippen LogP contribution in [-0.2, 0) is 0 Å². The molecule has 2 aliphatic heterocycles. The minimum absolute atomic E-state index is 0.648. The lowest BCUT2D eigenvalue weighted by molar-refractivity contribution is 0.171. The third-order valence-electron chi connectivity index (χ3n) is 4.08. The Morgan fingerprint density at radius 1 is 1.11 bits per heavy atom. The molecule has 0 radical (unpaired) electrons. The van der Waals surface area contributed by atoms with Gasteiger partial charge in [-0.1, -0.05) is 0 Å². The highest BCUT2D eigenvalue weighted by Crippen LogP contribution is 2.35. The van der Waals surface area contributed by atoms with Gasteiger partial charge in [0.05, 0.1) is 0 Å². The van der Waals surface area contributed by atoms with Crippen LogP contribution in [0.2, 0.25) is 0 Å². The van der Waals surface area contributed by atoms with Crippen LogP contribution in [0.4, 0.5) is 5.69 Å². The molecule has 0 atom stereocenters. The molecule has 2 aliphatic rings. The van der Waals surface area contributed by atoms with Crippen molar-refractivity contribution in [2.24, 2.45) is 11.7 Å². The first-order chi connectivity index (χ1) is 9.36. The number of piperidine rings is 1. The largest absolute Gasteiger partial charge is 0.486 e. The van der Waals surface area contributed by atoms with E-state index in [1.165, 1.54) is 18.5 Å². The van der Waals surface area contributed by atoms with Gasteiger partial charge in [0.2, 0.25) is 0 Å². The Morgan fingerprint density at radius 2 is 1.84 bits per heavy atom. The van der Waals surface area contributed by atoms with Crippen LogP contribution in [0.5, 0.6) is 11.5 Å². The van der Waals surface area contributed by atoms with Crippen LogP contribution in [0.1, 0.15) is 19.3 Å². The quantitative estimate of drug-likeness (QED) is 0.905. The fraction of sp³-hybridized carbons (Fsp3) is 0.600. The van der Waals surface area contributed by atoms with Crippen molar-refractivity contribution in [3.63, 3.8) is 0 Å². The summed E-state index contributed by atoms with van der Waals surface area (Å²) in [5, 5.41) is 0. The highest BCUT2D eigenvalue weighted by molar-refractivity contribution is 5.57. The number of benzene rings is 1. The summed E-state index contributed by atoms with van der Waals surface area (Å²) in [5.74, 6) is 2.55. The van der Waals surface area contributed by atoms with Crippen molar-refractivity contribution in [2.75, 3.05) is 37.7 Å². The zero-order valence-electron chi connectivity index (χ0n) is 11.3. The van der Waals surface area contributed by atoms with Crippen molar-refractivity contribution < 1.29 is 9.47 Å². The molecule has 1 saturated heterocycles. The summed E-state index contributed by atoms with van der Waals surface area (Å²) in [4.78, 5) is 2.44. The van der Waals surface area contributed by atoms with E-state index in [9.17, 15) is 0 Å². The molecule has 1 aromatic carbocycles. The van der Waals surface area contributed by atoms with E-state index in [2.05, 4.69) is 17.0 Å². The van der Waals surface area contributed by atoms with Crippen LogP contribution in [0.15, 0.2) is 18.2 Å². The predicted octanol–water partition coefficient (Wildman–Crippen LogP) is 2.02. The molecule has 2 N–H and O–H groups in total. The maximum absolute atomic E-state index is 5.65. The Morgan fingerprint density at radius 3 is 2.58 bits per heavy atom. The van der Waals surface area contributed by atoms with E-state index in [1.54, 1.807) is 0 Å². The number of ether oxygens (including phenoxy) is 2. The van der Waals surface area contributed by atoms with Crippen LogP contribution >= 0.6 is 0 Å². The first-order valence-electron chi connectivity index (χ1n) is 7.21. The van der Waals surface area contributed by atoms with Gasteiger partial charge in [0.25, 0.3) is 0 Å². The van der Waals surface area contributed by atoms with Crippen LogP contribution in [-0.4, -0.2) is 32.8 Å². The van der Waals surface area contributed by atoms with Crippen LogP contribution in [0, 0.1) is 5.92 Å². The molecule has 1 aromatic rings. The normalized spacial score (nSPS) is 19.5. The van der Waals surface area contributed by atoms with Crippen LogP contribution < -0.4 is 20.1 Å². The van der Waals surface area contributed by atoms with Crippen molar-refractivity contribution in [3.05, 3.63) is 18.2 Å². The fourth-order valence-corrected chi connectivity index (χ4v) is 2.94. The molecular weight excluding hydrogens is 240 g/mol. The molecule has 2 heterocycles. The zero-order valence-corrected chi connectivity index (χ0v) is 11.3. The zero-order chi connectivity index (χ0) is 13.1. The topological polar surface area (TPSA) is 47.7 Å². The average Bonchev–Trinajstić information content (AvgIpc) is 2.48. The third kappa shape index (κ3) is 2.78. The molecular formula is C15H22N2O2. The summed E-state index contributed by atoms with van der Waals surface area (Å²) in [6.45, 7) is 4.34. The van der Waals surface area contributed by atoms with Gasteiger partial charge in [-0.25, -0.2) is 0 Å². The SMILES string of the molecule is NCCC1CCN(c2ccc3c(c2)OCCO3)CC1. The Balaban J connectivity index is 1.66. The van der Waals surface area contributed by atoms with Crippen molar-refractivity contribution >= 4 is 5.69 Å². The second-order valence-electron chi connectivity index (χ2n) is 5.34. The molecule has 0 saturated carbocycles. The first-order valence-corrected chi connectivity index (χ1v) is 7.21. The van der Waals surface area contributed by atoms with Gasteiger partial charge >= 0.3 is 0 Å². The van der Waals surface area contributed by atoms with Crippen LogP contribution in [0.3, 0.4) is 0 Å². The van der Waals surface area contributed by atoms with Gasteiger partial charge in [-0.15, -0.1) is 0 Å². The second kappa shape index (κ2) is 5.70. The number of nitrogens with zero attached hydrogens (tertiary/aromatic N) is 1. The van der Waals surface area contributed by atoms with Crippen molar-refractivity contribution in [1.82, 2.24) is 0 Å². The fourth-order valence-electron chi connectivity index (χ4n) is 2.94. The first kappa shape index (κ1) is 12.6. The predicted molar refractivity (Wildman–Crippen MR) is 76.0 cm³/mol. The lowest BCUT2D eigenvalue weighted by Gasteiger charge is -2.34. The molecule has 0 aliphatic carbocycles. The monoisotopic (exact) mass is 262 g/mol. The van der Waals surface area contributed by atoms with Gasteiger partial charge in [0.15, 0.2) is 11.5 Å². The van der Waals surface area contributed by atoms with Gasteiger partial charge in [-0.2, -0.15) is 0 Å². The lowest BCUT2D eigenvalue weighted by atomic mass is 9.93. The minimum atomic E-state index is 0.648. The van der Waals surface area contributed by atoms with E-state index in [4.69, 9.17) is 15.2 Å². The van der Waals surface area contributed by atoms with E-state index >= 15 is 0 Å². The molecule has 4 nitrogen and oxygen atoms in total. The summed E-state index contributed by atoms with van der Waals surface area (Å²) in [7, 11) is 0. The number of fused-ring (bicyclic) bond motifs is 1. The van der Waals surface area contributed by atoms with Crippen molar-refractivity contribution in [1.29, 1.82) is 0 Å². The number of anilines is 1. The third-order valence-corrected chi connectivity index (χ3v) is 4.08. The van der Waals surface area contributed by atoms with Gasteiger partial charge in [-0.05, 0) is 43.9 Å². The van der Waals surface area contributed by atoms with Gasteiger partial charge in [-0.3, -0.25) is 0 Å².